The number of unbranched alkanes of at least 4 members (excludes halogenated alkanes) is 1. The molecule has 0 aromatic rings. The van der Waals surface area contributed by atoms with E-state index in [1.807, 2.05) is 6.92 Å². The Bertz CT molecular complexity index is 208. The summed E-state index contributed by atoms with van der Waals surface area (Å²) in [5, 5.41) is 6.12. The number of carbonyl (C=O) groups excluding carboxylic acids is 1. The molecule has 18 heavy (non-hydrogen) atoms. The van der Waals surface area contributed by atoms with E-state index in [2.05, 4.69) is 31.4 Å². The van der Waals surface area contributed by atoms with Crippen LogP contribution in [0.4, 0.5) is 0 Å². The molecule has 0 aromatic heterocycles. The Balaban J connectivity index is 3.40. The molecule has 0 spiro atoms. The van der Waals surface area contributed by atoms with Crippen molar-refractivity contribution in [1.29, 1.82) is 0 Å². The normalized spacial score (nSPS) is 12.7. The summed E-state index contributed by atoms with van der Waals surface area (Å²) in [4.78, 5) is 11.6. The molecule has 4 nitrogen and oxygen atoms in total. The fourth-order valence-electron chi connectivity index (χ4n) is 1.45. The number of carbonyl (C=O) groups is 1. The van der Waals surface area contributed by atoms with E-state index in [0.29, 0.717) is 5.92 Å². The Morgan fingerprint density at radius 2 is 1.89 bits per heavy atom. The molecule has 0 rings (SSSR count). The average molecular weight is 258 g/mol. The van der Waals surface area contributed by atoms with Crippen molar-refractivity contribution in [1.82, 2.24) is 10.6 Å². The molecule has 0 aliphatic carbocycles. The van der Waals surface area contributed by atoms with Crippen molar-refractivity contribution in [3.8, 4) is 0 Å². The van der Waals surface area contributed by atoms with Crippen molar-refractivity contribution < 1.29 is 9.53 Å². The van der Waals surface area contributed by atoms with Crippen molar-refractivity contribution >= 4 is 5.91 Å². The number of nitrogens with one attached hydrogen (secondary N) is 2. The number of ether oxygens (including phenoxy) is 1. The highest BCUT2D eigenvalue weighted by molar-refractivity contribution is 5.81. The van der Waals surface area contributed by atoms with Crippen LogP contribution in [0.15, 0.2) is 0 Å². The highest BCUT2D eigenvalue weighted by atomic mass is 16.5. The molecule has 1 unspecified atom stereocenters. The van der Waals surface area contributed by atoms with Gasteiger partial charge in [0.1, 0.15) is 0 Å². The minimum Gasteiger partial charge on any atom is -0.381 e. The van der Waals surface area contributed by atoms with E-state index >= 15 is 0 Å². The van der Waals surface area contributed by atoms with Crippen LogP contribution in [0.5, 0.6) is 0 Å². The van der Waals surface area contributed by atoms with E-state index in [1.165, 1.54) is 0 Å². The van der Waals surface area contributed by atoms with Crippen LogP contribution in [0.1, 0.15) is 47.0 Å². The Labute approximate surface area is 112 Å². The molecule has 0 saturated carbocycles. The Kier molecular flexibility index (Phi) is 11.1. The van der Waals surface area contributed by atoms with Gasteiger partial charge in [-0.2, -0.15) is 0 Å². The molecule has 1 amide bonds. The Hall–Kier alpha value is -0.610. The maximum Gasteiger partial charge on any atom is 0.236 e. The third-order valence-electron chi connectivity index (χ3n) is 2.59. The van der Waals surface area contributed by atoms with Gasteiger partial charge in [0.15, 0.2) is 0 Å². The molecule has 0 fully saturated rings. The van der Waals surface area contributed by atoms with Gasteiger partial charge >= 0.3 is 0 Å². The van der Waals surface area contributed by atoms with Crippen LogP contribution in [-0.2, 0) is 9.53 Å². The summed E-state index contributed by atoms with van der Waals surface area (Å²) in [6, 6.07) is -0.119. The van der Waals surface area contributed by atoms with Crippen LogP contribution >= 0.6 is 0 Å². The van der Waals surface area contributed by atoms with Gasteiger partial charge < -0.3 is 15.4 Å². The van der Waals surface area contributed by atoms with Gasteiger partial charge in [0, 0.05) is 19.8 Å². The molecule has 4 heteroatoms. The van der Waals surface area contributed by atoms with Gasteiger partial charge in [-0.05, 0) is 32.2 Å². The lowest BCUT2D eigenvalue weighted by Gasteiger charge is -2.14. The summed E-state index contributed by atoms with van der Waals surface area (Å²) in [5.74, 6) is 0.674. The molecule has 0 aliphatic rings. The van der Waals surface area contributed by atoms with Crippen LogP contribution in [-0.4, -0.2) is 38.3 Å². The molecule has 0 saturated heterocycles. The highest BCUT2D eigenvalue weighted by Crippen LogP contribution is 1.93. The molecule has 0 aromatic carbocycles. The first-order valence-electron chi connectivity index (χ1n) is 7.16. The SMILES string of the molecule is CCCCNC(=O)C(C)NCCCOCC(C)C. The highest BCUT2D eigenvalue weighted by Gasteiger charge is 2.10. The summed E-state index contributed by atoms with van der Waals surface area (Å²) >= 11 is 0. The number of hydrogen-bond donors (Lipinski definition) is 2. The first-order chi connectivity index (χ1) is 8.57. The summed E-state index contributed by atoms with van der Waals surface area (Å²) in [5.41, 5.74) is 0. The van der Waals surface area contributed by atoms with Crippen LogP contribution < -0.4 is 10.6 Å². The van der Waals surface area contributed by atoms with Gasteiger partial charge in [-0.15, -0.1) is 0 Å². The Morgan fingerprint density at radius 3 is 2.50 bits per heavy atom. The maximum atomic E-state index is 11.6. The third kappa shape index (κ3) is 10.5. The van der Waals surface area contributed by atoms with Crippen molar-refractivity contribution in [3.63, 3.8) is 0 Å². The second kappa shape index (κ2) is 11.5. The van der Waals surface area contributed by atoms with Gasteiger partial charge in [-0.25, -0.2) is 0 Å². The average Bonchev–Trinajstić information content (AvgIpc) is 2.33. The van der Waals surface area contributed by atoms with Crippen LogP contribution in [0.3, 0.4) is 0 Å². The van der Waals surface area contributed by atoms with Gasteiger partial charge in [0.05, 0.1) is 6.04 Å². The molecular weight excluding hydrogens is 228 g/mol. The first-order valence-corrected chi connectivity index (χ1v) is 7.16. The number of amides is 1. The van der Waals surface area contributed by atoms with Crippen LogP contribution in [0.25, 0.3) is 0 Å². The lowest BCUT2D eigenvalue weighted by Crippen LogP contribution is -2.42. The standard InChI is InChI=1S/C14H30N2O2/c1-5-6-8-16-14(17)13(4)15-9-7-10-18-11-12(2)3/h12-13,15H,5-11H2,1-4H3,(H,16,17). The van der Waals surface area contributed by atoms with Gasteiger partial charge in [0.25, 0.3) is 0 Å². The fraction of sp³-hybridized carbons (Fsp3) is 0.929. The zero-order valence-electron chi connectivity index (χ0n) is 12.4. The fourth-order valence-corrected chi connectivity index (χ4v) is 1.45. The van der Waals surface area contributed by atoms with E-state index in [1.54, 1.807) is 0 Å². The van der Waals surface area contributed by atoms with Gasteiger partial charge in [-0.1, -0.05) is 27.2 Å². The van der Waals surface area contributed by atoms with Crippen LogP contribution in [0, 0.1) is 5.92 Å². The second-order valence-electron chi connectivity index (χ2n) is 5.14. The lowest BCUT2D eigenvalue weighted by atomic mass is 10.2. The second-order valence-corrected chi connectivity index (χ2v) is 5.14. The van der Waals surface area contributed by atoms with Crippen molar-refractivity contribution in [2.45, 2.75) is 53.0 Å². The van der Waals surface area contributed by atoms with Crippen molar-refractivity contribution in [2.75, 3.05) is 26.3 Å². The van der Waals surface area contributed by atoms with Gasteiger partial charge in [0.2, 0.25) is 5.91 Å². The summed E-state index contributed by atoms with van der Waals surface area (Å²) in [6.07, 6.45) is 3.09. The molecule has 0 aliphatic heterocycles. The largest absolute Gasteiger partial charge is 0.381 e. The molecule has 0 heterocycles. The summed E-state index contributed by atoms with van der Waals surface area (Å²) < 4.78 is 5.48. The topological polar surface area (TPSA) is 50.4 Å². The zero-order chi connectivity index (χ0) is 13.8. The molecule has 0 bridgehead atoms. The monoisotopic (exact) mass is 258 g/mol. The summed E-state index contributed by atoms with van der Waals surface area (Å²) in [7, 11) is 0. The minimum absolute atomic E-state index is 0.0894. The quantitative estimate of drug-likeness (QED) is 0.557. The van der Waals surface area contributed by atoms with E-state index in [9.17, 15) is 4.79 Å². The van der Waals surface area contributed by atoms with Gasteiger partial charge in [-0.3, -0.25) is 4.79 Å². The van der Waals surface area contributed by atoms with E-state index < -0.39 is 0 Å². The van der Waals surface area contributed by atoms with Crippen molar-refractivity contribution in [3.05, 3.63) is 0 Å². The maximum absolute atomic E-state index is 11.6. The summed E-state index contributed by atoms with van der Waals surface area (Å²) in [6.45, 7) is 11.5. The minimum atomic E-state index is -0.119. The number of hydrogen-bond acceptors (Lipinski definition) is 3. The zero-order valence-corrected chi connectivity index (χ0v) is 12.4. The predicted octanol–water partition coefficient (Wildman–Crippen LogP) is 1.94. The third-order valence-corrected chi connectivity index (χ3v) is 2.59. The lowest BCUT2D eigenvalue weighted by molar-refractivity contribution is -0.122. The molecule has 0 radical (unpaired) electrons. The molecular formula is C14H30N2O2. The van der Waals surface area contributed by atoms with E-state index in [-0.39, 0.29) is 11.9 Å². The first kappa shape index (κ1) is 17.4. The predicted molar refractivity (Wildman–Crippen MR) is 75.7 cm³/mol. The molecule has 108 valence electrons. The number of rotatable bonds is 11. The Morgan fingerprint density at radius 1 is 1.17 bits per heavy atom. The molecule has 2 N–H and O–H groups in total. The van der Waals surface area contributed by atoms with E-state index in [0.717, 1.165) is 45.6 Å². The van der Waals surface area contributed by atoms with Crippen molar-refractivity contribution in [2.24, 2.45) is 5.92 Å². The van der Waals surface area contributed by atoms with E-state index in [4.69, 9.17) is 4.74 Å². The smallest absolute Gasteiger partial charge is 0.236 e. The molecule has 1 atom stereocenters. The van der Waals surface area contributed by atoms with Crippen LogP contribution in [0.2, 0.25) is 0 Å².